The van der Waals surface area contributed by atoms with Gasteiger partial charge in [-0.1, -0.05) is 63.3 Å². The van der Waals surface area contributed by atoms with Crippen molar-refractivity contribution in [3.05, 3.63) is 59.7 Å². The van der Waals surface area contributed by atoms with E-state index >= 15 is 0 Å². The maximum absolute atomic E-state index is 5.23. The Bertz CT molecular complexity index is 606. The molecule has 2 rings (SSSR count). The molecule has 0 saturated heterocycles. The van der Waals surface area contributed by atoms with Gasteiger partial charge in [0.15, 0.2) is 0 Å². The molecule has 0 aliphatic heterocycles. The number of anilines is 1. The van der Waals surface area contributed by atoms with Crippen LogP contribution in [0.5, 0.6) is 5.75 Å². The van der Waals surface area contributed by atoms with Crippen molar-refractivity contribution in [3.63, 3.8) is 0 Å². The van der Waals surface area contributed by atoms with Crippen LogP contribution in [0.1, 0.15) is 69.5 Å². The second-order valence-corrected chi connectivity index (χ2v) is 6.81. The van der Waals surface area contributed by atoms with E-state index in [1.54, 1.807) is 7.11 Å². The van der Waals surface area contributed by atoms with Crippen LogP contribution in [0.15, 0.2) is 48.5 Å². The van der Waals surface area contributed by atoms with E-state index in [-0.39, 0.29) is 0 Å². The molecule has 2 aromatic rings. The van der Waals surface area contributed by atoms with Gasteiger partial charge in [0.2, 0.25) is 0 Å². The SMILES string of the molecule is CCCCCCCCc1ccccc1C(C)Nc1ccc(OC)cc1. The molecule has 0 spiro atoms. The molecule has 0 heterocycles. The minimum Gasteiger partial charge on any atom is -0.497 e. The van der Waals surface area contributed by atoms with Gasteiger partial charge < -0.3 is 10.1 Å². The summed E-state index contributed by atoms with van der Waals surface area (Å²) in [5, 5.41) is 3.61. The van der Waals surface area contributed by atoms with Crippen molar-refractivity contribution in [2.45, 2.75) is 64.8 Å². The smallest absolute Gasteiger partial charge is 0.119 e. The van der Waals surface area contributed by atoms with Crippen LogP contribution < -0.4 is 10.1 Å². The van der Waals surface area contributed by atoms with E-state index in [1.807, 2.05) is 12.1 Å². The number of methoxy groups -OCH3 is 1. The molecule has 0 radical (unpaired) electrons. The third kappa shape index (κ3) is 6.45. The molecule has 2 aromatic carbocycles. The van der Waals surface area contributed by atoms with E-state index in [2.05, 4.69) is 55.6 Å². The number of benzene rings is 2. The molecule has 0 aliphatic rings. The van der Waals surface area contributed by atoms with E-state index in [1.165, 1.54) is 56.1 Å². The second kappa shape index (κ2) is 10.8. The largest absolute Gasteiger partial charge is 0.497 e. The Balaban J connectivity index is 1.91. The van der Waals surface area contributed by atoms with E-state index in [0.29, 0.717) is 6.04 Å². The fraction of sp³-hybridized carbons (Fsp3) is 0.478. The highest BCUT2D eigenvalue weighted by molar-refractivity contribution is 5.48. The Hall–Kier alpha value is -1.96. The maximum atomic E-state index is 5.23. The molecular weight excluding hydrogens is 306 g/mol. The number of rotatable bonds is 11. The molecule has 0 fully saturated rings. The molecule has 0 aromatic heterocycles. The quantitative estimate of drug-likeness (QED) is 0.456. The first kappa shape index (κ1) is 19.4. The van der Waals surface area contributed by atoms with E-state index in [4.69, 9.17) is 4.74 Å². The number of aryl methyl sites for hydroxylation is 1. The van der Waals surface area contributed by atoms with Gasteiger partial charge in [-0.3, -0.25) is 0 Å². The molecule has 0 aliphatic carbocycles. The van der Waals surface area contributed by atoms with Crippen molar-refractivity contribution in [3.8, 4) is 5.75 Å². The normalized spacial score (nSPS) is 12.0. The van der Waals surface area contributed by atoms with Gasteiger partial charge in [0.25, 0.3) is 0 Å². The van der Waals surface area contributed by atoms with Crippen molar-refractivity contribution >= 4 is 5.69 Å². The van der Waals surface area contributed by atoms with E-state index in [9.17, 15) is 0 Å². The van der Waals surface area contributed by atoms with Gasteiger partial charge in [-0.2, -0.15) is 0 Å². The number of hydrogen-bond acceptors (Lipinski definition) is 2. The number of unbranched alkanes of at least 4 members (excludes halogenated alkanes) is 5. The lowest BCUT2D eigenvalue weighted by atomic mass is 9.96. The van der Waals surface area contributed by atoms with Gasteiger partial charge >= 0.3 is 0 Å². The fourth-order valence-electron chi connectivity index (χ4n) is 3.30. The third-order valence-corrected chi connectivity index (χ3v) is 4.79. The summed E-state index contributed by atoms with van der Waals surface area (Å²) in [6.45, 7) is 4.51. The number of ether oxygens (including phenoxy) is 1. The van der Waals surface area contributed by atoms with Crippen LogP contribution in [0.3, 0.4) is 0 Å². The summed E-state index contributed by atoms with van der Waals surface area (Å²) in [7, 11) is 1.70. The fourth-order valence-corrected chi connectivity index (χ4v) is 3.30. The Labute approximate surface area is 153 Å². The van der Waals surface area contributed by atoms with Gasteiger partial charge in [-0.15, -0.1) is 0 Å². The van der Waals surface area contributed by atoms with Crippen molar-refractivity contribution < 1.29 is 4.74 Å². The highest BCUT2D eigenvalue weighted by Gasteiger charge is 2.10. The Morgan fingerprint density at radius 2 is 1.56 bits per heavy atom. The zero-order chi connectivity index (χ0) is 17.9. The van der Waals surface area contributed by atoms with Gasteiger partial charge in [0.05, 0.1) is 7.11 Å². The van der Waals surface area contributed by atoms with Crippen molar-refractivity contribution in [2.75, 3.05) is 12.4 Å². The van der Waals surface area contributed by atoms with Gasteiger partial charge in [0.1, 0.15) is 5.75 Å². The first-order chi connectivity index (χ1) is 12.2. The molecule has 0 saturated carbocycles. The topological polar surface area (TPSA) is 21.3 Å². The molecule has 1 unspecified atom stereocenters. The molecule has 1 atom stereocenters. The van der Waals surface area contributed by atoms with Crippen LogP contribution in [-0.2, 0) is 6.42 Å². The zero-order valence-corrected chi connectivity index (χ0v) is 16.1. The monoisotopic (exact) mass is 339 g/mol. The number of hydrogen-bond donors (Lipinski definition) is 1. The highest BCUT2D eigenvalue weighted by Crippen LogP contribution is 2.25. The van der Waals surface area contributed by atoms with Gasteiger partial charge in [-0.25, -0.2) is 0 Å². The standard InChI is InChI=1S/C23H33NO/c1-4-5-6-7-8-9-12-20-13-10-11-14-23(20)19(2)24-21-15-17-22(25-3)18-16-21/h10-11,13-19,24H,4-9,12H2,1-3H3. The molecule has 25 heavy (non-hydrogen) atoms. The molecule has 0 bridgehead atoms. The van der Waals surface area contributed by atoms with Crippen molar-refractivity contribution in [1.29, 1.82) is 0 Å². The third-order valence-electron chi connectivity index (χ3n) is 4.79. The predicted molar refractivity (Wildman–Crippen MR) is 109 cm³/mol. The van der Waals surface area contributed by atoms with Crippen LogP contribution in [-0.4, -0.2) is 7.11 Å². The summed E-state index contributed by atoms with van der Waals surface area (Å²) in [4.78, 5) is 0. The lowest BCUT2D eigenvalue weighted by Gasteiger charge is -2.19. The molecule has 0 amide bonds. The molecule has 1 N–H and O–H groups in total. The summed E-state index contributed by atoms with van der Waals surface area (Å²) in [5.41, 5.74) is 4.01. The lowest BCUT2D eigenvalue weighted by molar-refractivity contribution is 0.415. The molecule has 2 heteroatoms. The van der Waals surface area contributed by atoms with Crippen molar-refractivity contribution in [1.82, 2.24) is 0 Å². The highest BCUT2D eigenvalue weighted by atomic mass is 16.5. The zero-order valence-electron chi connectivity index (χ0n) is 16.1. The average Bonchev–Trinajstić information content (AvgIpc) is 2.65. The molecular formula is C23H33NO. The summed E-state index contributed by atoms with van der Waals surface area (Å²) in [5.74, 6) is 0.890. The van der Waals surface area contributed by atoms with Crippen molar-refractivity contribution in [2.24, 2.45) is 0 Å². The van der Waals surface area contributed by atoms with Crippen LogP contribution in [0.4, 0.5) is 5.69 Å². The Morgan fingerprint density at radius 3 is 2.28 bits per heavy atom. The van der Waals surface area contributed by atoms with E-state index < -0.39 is 0 Å². The second-order valence-electron chi connectivity index (χ2n) is 6.81. The Morgan fingerprint density at radius 1 is 0.880 bits per heavy atom. The van der Waals surface area contributed by atoms with Crippen LogP contribution >= 0.6 is 0 Å². The van der Waals surface area contributed by atoms with Gasteiger partial charge in [-0.05, 0) is 55.2 Å². The first-order valence-corrected chi connectivity index (χ1v) is 9.73. The predicted octanol–water partition coefficient (Wildman–Crippen LogP) is 6.77. The summed E-state index contributed by atoms with van der Waals surface area (Å²) in [6, 6.07) is 17.3. The first-order valence-electron chi connectivity index (χ1n) is 9.73. The average molecular weight is 340 g/mol. The lowest BCUT2D eigenvalue weighted by Crippen LogP contribution is -2.09. The van der Waals surface area contributed by atoms with Crippen LogP contribution in [0, 0.1) is 0 Å². The van der Waals surface area contributed by atoms with Crippen LogP contribution in [0.25, 0.3) is 0 Å². The summed E-state index contributed by atoms with van der Waals surface area (Å²) >= 11 is 0. The maximum Gasteiger partial charge on any atom is 0.119 e. The number of nitrogens with one attached hydrogen (secondary N) is 1. The Kier molecular flexibility index (Phi) is 8.38. The minimum atomic E-state index is 0.296. The van der Waals surface area contributed by atoms with Crippen LogP contribution in [0.2, 0.25) is 0 Å². The van der Waals surface area contributed by atoms with E-state index in [0.717, 1.165) is 11.4 Å². The minimum absolute atomic E-state index is 0.296. The summed E-state index contributed by atoms with van der Waals surface area (Å²) < 4.78 is 5.23. The molecule has 136 valence electrons. The van der Waals surface area contributed by atoms with Gasteiger partial charge in [0, 0.05) is 11.7 Å². The molecule has 2 nitrogen and oxygen atoms in total. The summed E-state index contributed by atoms with van der Waals surface area (Å²) in [6.07, 6.45) is 9.25.